The van der Waals surface area contributed by atoms with E-state index in [1.807, 2.05) is 27.8 Å². The number of benzene rings is 1. The van der Waals surface area contributed by atoms with E-state index >= 15 is 0 Å². The van der Waals surface area contributed by atoms with Crippen LogP contribution in [0.25, 0.3) is 0 Å². The molecular weight excluding hydrogens is 278 g/mol. The molecule has 5 nitrogen and oxygen atoms in total. The lowest BCUT2D eigenvalue weighted by molar-refractivity contribution is -0.126. The van der Waals surface area contributed by atoms with Gasteiger partial charge in [-0.2, -0.15) is 0 Å². The number of aryl methyl sites for hydroxylation is 3. The van der Waals surface area contributed by atoms with Crippen LogP contribution in [-0.4, -0.2) is 38.5 Å². The van der Waals surface area contributed by atoms with Crippen molar-refractivity contribution in [2.75, 3.05) is 31.6 Å². The molecule has 2 amide bonds. The van der Waals surface area contributed by atoms with Crippen LogP contribution in [0.2, 0.25) is 0 Å². The minimum atomic E-state index is -0.260. The van der Waals surface area contributed by atoms with Crippen molar-refractivity contribution >= 4 is 17.5 Å². The van der Waals surface area contributed by atoms with Crippen molar-refractivity contribution in [3.8, 4) is 0 Å². The standard InChI is InChI=1S/C17H25N3O2/c1-11-7-12(2)16(13(3)8-11)20-10-14(9-15(20)21)17(22)19-6-5-18-4/h7-8,14,18H,5-6,9-10H2,1-4H3,(H,19,22). The first-order chi connectivity index (χ1) is 10.4. The molecular formula is C17H25N3O2. The number of nitrogens with one attached hydrogen (secondary N) is 2. The Kier molecular flexibility index (Phi) is 5.19. The number of hydrogen-bond acceptors (Lipinski definition) is 3. The van der Waals surface area contributed by atoms with Gasteiger partial charge in [-0.3, -0.25) is 9.59 Å². The van der Waals surface area contributed by atoms with Gasteiger partial charge in [0, 0.05) is 31.7 Å². The second-order valence-electron chi connectivity index (χ2n) is 6.05. The molecule has 0 aromatic heterocycles. The summed E-state index contributed by atoms with van der Waals surface area (Å²) in [7, 11) is 1.84. The van der Waals surface area contributed by atoms with E-state index in [1.54, 1.807) is 4.90 Å². The van der Waals surface area contributed by atoms with E-state index in [4.69, 9.17) is 0 Å². The van der Waals surface area contributed by atoms with Crippen molar-refractivity contribution < 1.29 is 9.59 Å². The van der Waals surface area contributed by atoms with Crippen LogP contribution in [0.3, 0.4) is 0 Å². The van der Waals surface area contributed by atoms with Gasteiger partial charge < -0.3 is 15.5 Å². The van der Waals surface area contributed by atoms with Crippen LogP contribution >= 0.6 is 0 Å². The average Bonchev–Trinajstić information content (AvgIpc) is 2.80. The molecule has 1 atom stereocenters. The van der Waals surface area contributed by atoms with Gasteiger partial charge in [0.1, 0.15) is 0 Å². The molecule has 1 saturated heterocycles. The third-order valence-corrected chi connectivity index (χ3v) is 4.08. The fourth-order valence-electron chi connectivity index (χ4n) is 3.15. The lowest BCUT2D eigenvalue weighted by Crippen LogP contribution is -2.36. The van der Waals surface area contributed by atoms with Crippen molar-refractivity contribution in [3.63, 3.8) is 0 Å². The fourth-order valence-corrected chi connectivity index (χ4v) is 3.15. The predicted molar refractivity (Wildman–Crippen MR) is 88.0 cm³/mol. The molecule has 5 heteroatoms. The van der Waals surface area contributed by atoms with Gasteiger partial charge in [0.05, 0.1) is 5.92 Å². The topological polar surface area (TPSA) is 61.4 Å². The van der Waals surface area contributed by atoms with E-state index < -0.39 is 0 Å². The molecule has 0 spiro atoms. The zero-order valence-corrected chi connectivity index (χ0v) is 13.8. The predicted octanol–water partition coefficient (Wildman–Crippen LogP) is 1.30. The number of anilines is 1. The summed E-state index contributed by atoms with van der Waals surface area (Å²) in [5.41, 5.74) is 4.32. The maximum atomic E-state index is 12.3. The van der Waals surface area contributed by atoms with Crippen LogP contribution in [0, 0.1) is 26.7 Å². The summed E-state index contributed by atoms with van der Waals surface area (Å²) in [6.45, 7) is 7.86. The molecule has 0 radical (unpaired) electrons. The van der Waals surface area contributed by atoms with Gasteiger partial charge in [-0.15, -0.1) is 0 Å². The number of rotatable bonds is 5. The quantitative estimate of drug-likeness (QED) is 0.806. The number of likely N-dealkylation sites (N-methyl/N-ethyl adjacent to an activating group) is 1. The Hall–Kier alpha value is -1.88. The Morgan fingerprint density at radius 1 is 1.23 bits per heavy atom. The highest BCUT2D eigenvalue weighted by molar-refractivity contribution is 6.01. The highest BCUT2D eigenvalue weighted by atomic mass is 16.2. The largest absolute Gasteiger partial charge is 0.355 e. The Bertz CT molecular complexity index is 560. The molecule has 1 aliphatic heterocycles. The number of nitrogens with zero attached hydrogens (tertiary/aromatic N) is 1. The minimum absolute atomic E-state index is 0.0313. The molecule has 1 heterocycles. The first-order valence-electron chi connectivity index (χ1n) is 7.74. The zero-order chi connectivity index (χ0) is 16.3. The molecule has 2 rings (SSSR count). The van der Waals surface area contributed by atoms with Crippen LogP contribution < -0.4 is 15.5 Å². The third-order valence-electron chi connectivity index (χ3n) is 4.08. The van der Waals surface area contributed by atoms with E-state index in [0.29, 0.717) is 13.1 Å². The highest BCUT2D eigenvalue weighted by Gasteiger charge is 2.36. The van der Waals surface area contributed by atoms with Gasteiger partial charge in [0.25, 0.3) is 0 Å². The van der Waals surface area contributed by atoms with Crippen LogP contribution in [0.4, 0.5) is 5.69 Å². The summed E-state index contributed by atoms with van der Waals surface area (Å²) in [4.78, 5) is 26.3. The fraction of sp³-hybridized carbons (Fsp3) is 0.529. The van der Waals surface area contributed by atoms with Crippen molar-refractivity contribution in [2.24, 2.45) is 5.92 Å². The molecule has 1 unspecified atom stereocenters. The zero-order valence-electron chi connectivity index (χ0n) is 13.8. The van der Waals surface area contributed by atoms with Gasteiger partial charge in [-0.05, 0) is 38.9 Å². The highest BCUT2D eigenvalue weighted by Crippen LogP contribution is 2.31. The summed E-state index contributed by atoms with van der Waals surface area (Å²) in [6, 6.07) is 4.16. The molecule has 1 aromatic rings. The van der Waals surface area contributed by atoms with Gasteiger partial charge in [0.2, 0.25) is 11.8 Å². The maximum Gasteiger partial charge on any atom is 0.227 e. The first kappa shape index (κ1) is 16.5. The lowest BCUT2D eigenvalue weighted by atomic mass is 10.0. The summed E-state index contributed by atoms with van der Waals surface area (Å²) < 4.78 is 0. The Balaban J connectivity index is 2.12. The van der Waals surface area contributed by atoms with Crippen LogP contribution in [0.1, 0.15) is 23.1 Å². The van der Waals surface area contributed by atoms with Gasteiger partial charge in [-0.1, -0.05) is 17.7 Å². The molecule has 0 aliphatic carbocycles. The van der Waals surface area contributed by atoms with Crippen molar-refractivity contribution in [1.82, 2.24) is 10.6 Å². The molecule has 120 valence electrons. The Morgan fingerprint density at radius 3 is 2.45 bits per heavy atom. The molecule has 0 saturated carbocycles. The lowest BCUT2D eigenvalue weighted by Gasteiger charge is -2.22. The summed E-state index contributed by atoms with van der Waals surface area (Å²) in [5, 5.41) is 5.86. The van der Waals surface area contributed by atoms with E-state index in [1.165, 1.54) is 5.56 Å². The summed E-state index contributed by atoms with van der Waals surface area (Å²) >= 11 is 0. The number of carbonyl (C=O) groups excluding carboxylic acids is 2. The third kappa shape index (κ3) is 3.47. The van der Waals surface area contributed by atoms with Crippen molar-refractivity contribution in [2.45, 2.75) is 27.2 Å². The van der Waals surface area contributed by atoms with Gasteiger partial charge >= 0.3 is 0 Å². The summed E-state index contributed by atoms with van der Waals surface area (Å²) in [6.07, 6.45) is 0.290. The minimum Gasteiger partial charge on any atom is -0.355 e. The Labute approximate surface area is 132 Å². The van der Waals surface area contributed by atoms with Gasteiger partial charge in [0.15, 0.2) is 0 Å². The van der Waals surface area contributed by atoms with Crippen LogP contribution in [-0.2, 0) is 9.59 Å². The van der Waals surface area contributed by atoms with E-state index in [2.05, 4.69) is 22.8 Å². The van der Waals surface area contributed by atoms with Gasteiger partial charge in [-0.25, -0.2) is 0 Å². The van der Waals surface area contributed by atoms with Crippen LogP contribution in [0.15, 0.2) is 12.1 Å². The maximum absolute atomic E-state index is 12.3. The molecule has 22 heavy (non-hydrogen) atoms. The first-order valence-corrected chi connectivity index (χ1v) is 7.74. The van der Waals surface area contributed by atoms with Crippen molar-refractivity contribution in [3.05, 3.63) is 28.8 Å². The normalized spacial score (nSPS) is 17.9. The van der Waals surface area contributed by atoms with Crippen LogP contribution in [0.5, 0.6) is 0 Å². The molecule has 1 fully saturated rings. The second-order valence-corrected chi connectivity index (χ2v) is 6.05. The summed E-state index contributed by atoms with van der Waals surface area (Å²) in [5.74, 6) is -0.262. The van der Waals surface area contributed by atoms with Crippen molar-refractivity contribution in [1.29, 1.82) is 0 Å². The number of carbonyl (C=O) groups is 2. The van der Waals surface area contributed by atoms with E-state index in [0.717, 1.165) is 23.4 Å². The van der Waals surface area contributed by atoms with E-state index in [-0.39, 0.29) is 24.2 Å². The average molecular weight is 303 g/mol. The van der Waals surface area contributed by atoms with E-state index in [9.17, 15) is 9.59 Å². The Morgan fingerprint density at radius 2 is 1.86 bits per heavy atom. The smallest absolute Gasteiger partial charge is 0.227 e. The molecule has 2 N–H and O–H groups in total. The second kappa shape index (κ2) is 6.92. The number of hydrogen-bond donors (Lipinski definition) is 2. The SMILES string of the molecule is CNCCNC(=O)C1CC(=O)N(c2c(C)cc(C)cc2C)C1. The molecule has 1 aromatic carbocycles. The molecule has 1 aliphatic rings. The molecule has 0 bridgehead atoms. The monoisotopic (exact) mass is 303 g/mol. The number of amides is 2.